The van der Waals surface area contributed by atoms with Crippen molar-refractivity contribution in [1.29, 1.82) is 0 Å². The first kappa shape index (κ1) is 13.3. The van der Waals surface area contributed by atoms with Crippen LogP contribution in [0.3, 0.4) is 0 Å². The normalized spacial score (nSPS) is 12.2. The molecular formula is C11H12BrClO3. The van der Waals surface area contributed by atoms with Crippen LogP contribution in [0.4, 0.5) is 0 Å². The zero-order valence-corrected chi connectivity index (χ0v) is 11.1. The van der Waals surface area contributed by atoms with Gasteiger partial charge in [0, 0.05) is 10.4 Å². The summed E-state index contributed by atoms with van der Waals surface area (Å²) in [6, 6.07) is 5.10. The Balaban J connectivity index is 2.84. The topological polar surface area (TPSA) is 46.5 Å². The van der Waals surface area contributed by atoms with Gasteiger partial charge in [0.2, 0.25) is 0 Å². The second-order valence-electron chi connectivity index (χ2n) is 3.24. The summed E-state index contributed by atoms with van der Waals surface area (Å²) in [6.07, 6.45) is -0.397. The molecule has 1 aromatic rings. The largest absolute Gasteiger partial charge is 0.479 e. The van der Waals surface area contributed by atoms with Crippen LogP contribution in [0.2, 0.25) is 5.02 Å². The van der Waals surface area contributed by atoms with Crippen LogP contribution < -0.4 is 4.74 Å². The summed E-state index contributed by atoms with van der Waals surface area (Å²) in [6.45, 7) is 1.76. The third kappa shape index (κ3) is 3.39. The Morgan fingerprint density at radius 1 is 1.62 bits per heavy atom. The third-order valence-corrected chi connectivity index (χ3v) is 3.06. The number of halogens is 2. The number of hydrogen-bond donors (Lipinski definition) is 1. The molecule has 0 unspecified atom stereocenters. The lowest BCUT2D eigenvalue weighted by atomic mass is 10.2. The minimum atomic E-state index is -0.960. The molecule has 1 atom stereocenters. The van der Waals surface area contributed by atoms with Crippen LogP contribution in [0, 0.1) is 0 Å². The lowest BCUT2D eigenvalue weighted by Gasteiger charge is -2.14. The Kier molecular flexibility index (Phi) is 5.09. The van der Waals surface area contributed by atoms with Gasteiger partial charge in [-0.15, -0.1) is 0 Å². The third-order valence-electron chi connectivity index (χ3n) is 2.09. The Hall–Kier alpha value is -0.740. The van der Waals surface area contributed by atoms with Crippen molar-refractivity contribution in [2.45, 2.75) is 24.8 Å². The van der Waals surface area contributed by atoms with E-state index in [9.17, 15) is 4.79 Å². The summed E-state index contributed by atoms with van der Waals surface area (Å²) < 4.78 is 5.34. The molecule has 0 fully saturated rings. The number of carbonyl (C=O) groups is 1. The first-order chi connectivity index (χ1) is 7.58. The summed E-state index contributed by atoms with van der Waals surface area (Å²) in [5.74, 6) is -0.439. The van der Waals surface area contributed by atoms with Crippen molar-refractivity contribution in [3.05, 3.63) is 28.8 Å². The second kappa shape index (κ2) is 6.11. The van der Waals surface area contributed by atoms with Gasteiger partial charge in [0.25, 0.3) is 0 Å². The molecule has 0 radical (unpaired) electrons. The van der Waals surface area contributed by atoms with Crippen LogP contribution in [-0.2, 0) is 10.1 Å². The summed E-state index contributed by atoms with van der Waals surface area (Å²) >= 11 is 9.23. The average molecular weight is 308 g/mol. The molecule has 0 saturated carbocycles. The van der Waals surface area contributed by atoms with Gasteiger partial charge in [-0.25, -0.2) is 4.79 Å². The van der Waals surface area contributed by atoms with Crippen LogP contribution in [0.25, 0.3) is 0 Å². The standard InChI is InChI=1S/C11H12BrClO3/c1-2-10(11(14)15)16-8-3-4-9(13)7(5-8)6-12/h3-5,10H,2,6H2,1H3,(H,14,15)/t10-/m1/s1. The Bertz CT molecular complexity index is 381. The predicted molar refractivity (Wildman–Crippen MR) is 66.4 cm³/mol. The Morgan fingerprint density at radius 3 is 2.81 bits per heavy atom. The van der Waals surface area contributed by atoms with E-state index in [4.69, 9.17) is 21.4 Å². The SMILES string of the molecule is CC[C@@H](Oc1ccc(Cl)c(CBr)c1)C(=O)O. The number of benzene rings is 1. The molecule has 0 aliphatic heterocycles. The predicted octanol–water partition coefficient (Wildman–Crippen LogP) is 3.48. The lowest BCUT2D eigenvalue weighted by Crippen LogP contribution is -2.25. The molecule has 1 aromatic carbocycles. The highest BCUT2D eigenvalue weighted by molar-refractivity contribution is 9.08. The van der Waals surface area contributed by atoms with Gasteiger partial charge < -0.3 is 9.84 Å². The van der Waals surface area contributed by atoms with Crippen molar-refractivity contribution in [2.24, 2.45) is 0 Å². The van der Waals surface area contributed by atoms with E-state index in [1.165, 1.54) is 0 Å². The van der Waals surface area contributed by atoms with Gasteiger partial charge >= 0.3 is 5.97 Å². The van der Waals surface area contributed by atoms with Crippen molar-refractivity contribution in [3.8, 4) is 5.75 Å². The first-order valence-electron chi connectivity index (χ1n) is 4.82. The first-order valence-corrected chi connectivity index (χ1v) is 6.32. The molecule has 16 heavy (non-hydrogen) atoms. The van der Waals surface area contributed by atoms with E-state index in [1.54, 1.807) is 25.1 Å². The van der Waals surface area contributed by atoms with E-state index in [0.717, 1.165) is 5.56 Å². The Morgan fingerprint density at radius 2 is 2.31 bits per heavy atom. The van der Waals surface area contributed by atoms with E-state index in [-0.39, 0.29) is 0 Å². The van der Waals surface area contributed by atoms with Crippen LogP contribution >= 0.6 is 27.5 Å². The van der Waals surface area contributed by atoms with Gasteiger partial charge in [-0.3, -0.25) is 0 Å². The molecular weight excluding hydrogens is 295 g/mol. The maximum absolute atomic E-state index is 10.8. The van der Waals surface area contributed by atoms with Gasteiger partial charge in [-0.1, -0.05) is 34.5 Å². The molecule has 0 saturated heterocycles. The second-order valence-corrected chi connectivity index (χ2v) is 4.21. The minimum absolute atomic E-state index is 0.418. The fourth-order valence-electron chi connectivity index (χ4n) is 1.20. The van der Waals surface area contributed by atoms with Crippen LogP contribution in [0.5, 0.6) is 5.75 Å². The molecule has 0 bridgehead atoms. The molecule has 1 N–H and O–H groups in total. The highest BCUT2D eigenvalue weighted by atomic mass is 79.9. The van der Waals surface area contributed by atoms with Crippen molar-refractivity contribution in [3.63, 3.8) is 0 Å². The Labute approximate surface area is 107 Å². The van der Waals surface area contributed by atoms with E-state index < -0.39 is 12.1 Å². The number of carboxylic acid groups (broad SMARTS) is 1. The number of hydrogen-bond acceptors (Lipinski definition) is 2. The van der Waals surface area contributed by atoms with Crippen molar-refractivity contribution in [1.82, 2.24) is 0 Å². The zero-order valence-electron chi connectivity index (χ0n) is 8.74. The van der Waals surface area contributed by atoms with Gasteiger partial charge in [0.05, 0.1) is 0 Å². The van der Waals surface area contributed by atoms with Gasteiger partial charge in [0.15, 0.2) is 6.10 Å². The molecule has 88 valence electrons. The summed E-state index contributed by atoms with van der Waals surface area (Å²) in [5, 5.41) is 10.1. The van der Waals surface area contributed by atoms with Crippen LogP contribution in [-0.4, -0.2) is 17.2 Å². The fraction of sp³-hybridized carbons (Fsp3) is 0.364. The number of rotatable bonds is 5. The fourth-order valence-corrected chi connectivity index (χ4v) is 2.01. The highest BCUT2D eigenvalue weighted by Gasteiger charge is 2.16. The van der Waals surface area contributed by atoms with E-state index >= 15 is 0 Å². The number of alkyl halides is 1. The summed E-state index contributed by atoms with van der Waals surface area (Å²) in [5.41, 5.74) is 0.874. The number of aliphatic carboxylic acids is 1. The summed E-state index contributed by atoms with van der Waals surface area (Å²) in [4.78, 5) is 10.8. The number of carboxylic acids is 1. The van der Waals surface area contributed by atoms with Crippen molar-refractivity contribution in [2.75, 3.05) is 0 Å². The maximum Gasteiger partial charge on any atom is 0.344 e. The number of ether oxygens (including phenoxy) is 1. The van der Waals surface area contributed by atoms with E-state index in [1.807, 2.05) is 0 Å². The van der Waals surface area contributed by atoms with Crippen molar-refractivity contribution >= 4 is 33.5 Å². The molecule has 0 amide bonds. The van der Waals surface area contributed by atoms with Gasteiger partial charge in [-0.2, -0.15) is 0 Å². The maximum atomic E-state index is 10.8. The average Bonchev–Trinajstić information content (AvgIpc) is 2.27. The van der Waals surface area contributed by atoms with Crippen LogP contribution in [0.15, 0.2) is 18.2 Å². The van der Waals surface area contributed by atoms with E-state index in [2.05, 4.69) is 15.9 Å². The van der Waals surface area contributed by atoms with Crippen molar-refractivity contribution < 1.29 is 14.6 Å². The molecule has 0 aromatic heterocycles. The monoisotopic (exact) mass is 306 g/mol. The lowest BCUT2D eigenvalue weighted by molar-refractivity contribution is -0.145. The zero-order chi connectivity index (χ0) is 12.1. The molecule has 0 aliphatic carbocycles. The molecule has 3 nitrogen and oxygen atoms in total. The molecule has 5 heteroatoms. The molecule has 0 heterocycles. The smallest absolute Gasteiger partial charge is 0.344 e. The van der Waals surface area contributed by atoms with Crippen LogP contribution in [0.1, 0.15) is 18.9 Å². The van der Waals surface area contributed by atoms with Gasteiger partial charge in [0.1, 0.15) is 5.75 Å². The molecule has 0 aliphatic rings. The highest BCUT2D eigenvalue weighted by Crippen LogP contribution is 2.25. The van der Waals surface area contributed by atoms with Gasteiger partial charge in [-0.05, 0) is 30.2 Å². The minimum Gasteiger partial charge on any atom is -0.479 e. The molecule has 1 rings (SSSR count). The van der Waals surface area contributed by atoms with E-state index in [0.29, 0.717) is 22.5 Å². The molecule has 0 spiro atoms. The summed E-state index contributed by atoms with van der Waals surface area (Å²) in [7, 11) is 0. The quantitative estimate of drug-likeness (QED) is 0.847.